The van der Waals surface area contributed by atoms with Crippen molar-refractivity contribution >= 4 is 11.6 Å². The van der Waals surface area contributed by atoms with Crippen molar-refractivity contribution in [2.75, 3.05) is 57.3 Å². The molecule has 2 saturated heterocycles. The molecule has 0 bridgehead atoms. The van der Waals surface area contributed by atoms with E-state index in [4.69, 9.17) is 0 Å². The first-order chi connectivity index (χ1) is 11.8. The Hall–Kier alpha value is -1.59. The van der Waals surface area contributed by atoms with E-state index in [1.165, 1.54) is 11.3 Å². The molecule has 1 unspecified atom stereocenters. The van der Waals surface area contributed by atoms with Gasteiger partial charge in [-0.15, -0.1) is 0 Å². The van der Waals surface area contributed by atoms with E-state index in [-0.39, 0.29) is 0 Å². The molecule has 0 spiro atoms. The molecule has 3 aliphatic heterocycles. The maximum absolute atomic E-state index is 12.6. The lowest BCUT2D eigenvalue weighted by molar-refractivity contribution is -0.132. The summed E-state index contributed by atoms with van der Waals surface area (Å²) in [5.41, 5.74) is 2.82. The van der Waals surface area contributed by atoms with Crippen LogP contribution < -0.4 is 10.2 Å². The number of rotatable bonds is 4. The summed E-state index contributed by atoms with van der Waals surface area (Å²) in [6, 6.07) is 9.17. The van der Waals surface area contributed by atoms with Crippen LogP contribution >= 0.6 is 0 Å². The average molecular weight is 328 g/mol. The molecule has 1 aromatic carbocycles. The molecule has 1 atom stereocenters. The Labute approximate surface area is 144 Å². The number of benzene rings is 1. The first kappa shape index (κ1) is 15.9. The Morgan fingerprint density at radius 3 is 2.83 bits per heavy atom. The molecule has 2 fully saturated rings. The molecule has 0 aromatic heterocycles. The molecule has 3 aliphatic rings. The third kappa shape index (κ3) is 3.28. The zero-order valence-corrected chi connectivity index (χ0v) is 14.4. The lowest BCUT2D eigenvalue weighted by Gasteiger charge is -2.39. The Morgan fingerprint density at radius 1 is 1.12 bits per heavy atom. The van der Waals surface area contributed by atoms with Gasteiger partial charge in [0.15, 0.2) is 0 Å². The van der Waals surface area contributed by atoms with Gasteiger partial charge < -0.3 is 20.0 Å². The van der Waals surface area contributed by atoms with Crippen molar-refractivity contribution in [3.05, 3.63) is 29.8 Å². The van der Waals surface area contributed by atoms with E-state index in [9.17, 15) is 4.79 Å². The van der Waals surface area contributed by atoms with Crippen LogP contribution in [0.4, 0.5) is 5.69 Å². The summed E-state index contributed by atoms with van der Waals surface area (Å²) < 4.78 is 0. The maximum atomic E-state index is 12.6. The minimum atomic E-state index is 0.348. The van der Waals surface area contributed by atoms with Crippen molar-refractivity contribution in [2.45, 2.75) is 25.3 Å². The summed E-state index contributed by atoms with van der Waals surface area (Å²) in [6.45, 7) is 8.20. The van der Waals surface area contributed by atoms with Gasteiger partial charge in [-0.25, -0.2) is 0 Å². The third-order valence-corrected chi connectivity index (χ3v) is 5.67. The summed E-state index contributed by atoms with van der Waals surface area (Å²) in [6.07, 6.45) is 2.77. The number of hydrogen-bond donors (Lipinski definition) is 1. The second kappa shape index (κ2) is 7.11. The van der Waals surface area contributed by atoms with Gasteiger partial charge >= 0.3 is 0 Å². The fourth-order valence-corrected chi connectivity index (χ4v) is 4.34. The second-order valence-electron chi connectivity index (χ2n) is 7.22. The molecule has 0 aliphatic carbocycles. The van der Waals surface area contributed by atoms with Crippen molar-refractivity contribution < 1.29 is 4.79 Å². The minimum Gasteiger partial charge on any atom is -0.364 e. The average Bonchev–Trinajstić information content (AvgIpc) is 3.00. The number of nitrogens with zero attached hydrogens (tertiary/aromatic N) is 3. The largest absolute Gasteiger partial charge is 0.364 e. The second-order valence-corrected chi connectivity index (χ2v) is 7.22. The quantitative estimate of drug-likeness (QED) is 0.893. The number of anilines is 1. The van der Waals surface area contributed by atoms with Crippen LogP contribution in [-0.4, -0.2) is 74.1 Å². The van der Waals surface area contributed by atoms with Gasteiger partial charge in [0.25, 0.3) is 0 Å². The summed E-state index contributed by atoms with van der Waals surface area (Å²) in [5, 5.41) is 3.37. The number of amides is 1. The molecule has 5 nitrogen and oxygen atoms in total. The van der Waals surface area contributed by atoms with Gasteiger partial charge in [-0.1, -0.05) is 18.2 Å². The van der Waals surface area contributed by atoms with Crippen molar-refractivity contribution in [1.82, 2.24) is 15.1 Å². The lowest BCUT2D eigenvalue weighted by Crippen LogP contribution is -2.53. The molecule has 1 amide bonds. The van der Waals surface area contributed by atoms with E-state index in [0.29, 0.717) is 18.4 Å². The van der Waals surface area contributed by atoms with Crippen LogP contribution in [0.2, 0.25) is 0 Å². The number of piperazine rings is 2. The normalized spacial score (nSPS) is 23.9. The van der Waals surface area contributed by atoms with Crippen molar-refractivity contribution in [3.8, 4) is 0 Å². The molecule has 0 saturated carbocycles. The number of nitrogens with one attached hydrogen (secondary N) is 1. The molecule has 130 valence electrons. The van der Waals surface area contributed by atoms with Crippen LogP contribution in [0.25, 0.3) is 0 Å². The summed E-state index contributed by atoms with van der Waals surface area (Å²) >= 11 is 0. The smallest absolute Gasteiger partial charge is 0.222 e. The van der Waals surface area contributed by atoms with E-state index in [2.05, 4.69) is 44.3 Å². The molecule has 4 rings (SSSR count). The van der Waals surface area contributed by atoms with Crippen molar-refractivity contribution in [3.63, 3.8) is 0 Å². The zero-order valence-electron chi connectivity index (χ0n) is 14.4. The van der Waals surface area contributed by atoms with Gasteiger partial charge in [0.1, 0.15) is 0 Å². The summed E-state index contributed by atoms with van der Waals surface area (Å²) in [5.74, 6) is 0.348. The maximum Gasteiger partial charge on any atom is 0.222 e. The zero-order chi connectivity index (χ0) is 16.4. The number of carbonyl (C=O) groups excluding carboxylic acids is 1. The predicted molar refractivity (Wildman–Crippen MR) is 96.4 cm³/mol. The summed E-state index contributed by atoms with van der Waals surface area (Å²) in [7, 11) is 0. The van der Waals surface area contributed by atoms with Crippen LogP contribution in [0.3, 0.4) is 0 Å². The van der Waals surface area contributed by atoms with Crippen molar-refractivity contribution in [2.24, 2.45) is 0 Å². The predicted octanol–water partition coefficient (Wildman–Crippen LogP) is 0.945. The molecule has 5 heteroatoms. The molecule has 0 radical (unpaired) electrons. The monoisotopic (exact) mass is 328 g/mol. The number of hydrogen-bond acceptors (Lipinski definition) is 4. The fraction of sp³-hybridized carbons (Fsp3) is 0.632. The number of para-hydroxylation sites is 1. The highest BCUT2D eigenvalue weighted by atomic mass is 16.2. The Balaban J connectivity index is 1.25. The van der Waals surface area contributed by atoms with E-state index >= 15 is 0 Å². The van der Waals surface area contributed by atoms with Gasteiger partial charge in [0.2, 0.25) is 5.91 Å². The Bertz CT molecular complexity index is 584. The van der Waals surface area contributed by atoms with Crippen LogP contribution in [0.15, 0.2) is 24.3 Å². The van der Waals surface area contributed by atoms with Crippen molar-refractivity contribution in [1.29, 1.82) is 0 Å². The van der Waals surface area contributed by atoms with Gasteiger partial charge in [0.05, 0.1) is 6.04 Å². The van der Waals surface area contributed by atoms with Crippen LogP contribution in [0.1, 0.15) is 18.4 Å². The van der Waals surface area contributed by atoms with Crippen LogP contribution in [-0.2, 0) is 11.2 Å². The van der Waals surface area contributed by atoms with E-state index in [0.717, 1.165) is 65.2 Å². The number of carbonyl (C=O) groups is 1. The van der Waals surface area contributed by atoms with Gasteiger partial charge in [0, 0.05) is 57.9 Å². The first-order valence-corrected chi connectivity index (χ1v) is 9.36. The van der Waals surface area contributed by atoms with Gasteiger partial charge in [-0.3, -0.25) is 4.79 Å². The number of fused-ring (bicyclic) bond motifs is 3. The molecular weight excluding hydrogens is 300 g/mol. The Kier molecular flexibility index (Phi) is 4.72. The molecule has 1 N–H and O–H groups in total. The Morgan fingerprint density at radius 2 is 1.96 bits per heavy atom. The van der Waals surface area contributed by atoms with Crippen LogP contribution in [0, 0.1) is 0 Å². The molecule has 24 heavy (non-hydrogen) atoms. The molecule has 3 heterocycles. The van der Waals surface area contributed by atoms with Crippen LogP contribution in [0.5, 0.6) is 0 Å². The lowest BCUT2D eigenvalue weighted by atomic mass is 10.1. The topological polar surface area (TPSA) is 38.8 Å². The standard InChI is InChI=1S/C19H28N4O/c24-19(6-3-9-21-10-7-20-8-11-21)22-12-13-23-17(15-22)14-16-4-1-2-5-18(16)23/h1-2,4-5,17,20H,3,6-15H2. The SMILES string of the molecule is O=C(CCCN1CCNCC1)N1CCN2c3ccccc3CC2C1. The highest BCUT2D eigenvalue weighted by molar-refractivity contribution is 5.77. The van der Waals surface area contributed by atoms with Gasteiger partial charge in [-0.05, 0) is 31.0 Å². The van der Waals surface area contributed by atoms with E-state index in [1.54, 1.807) is 0 Å². The molecule has 1 aromatic rings. The summed E-state index contributed by atoms with van der Waals surface area (Å²) in [4.78, 5) is 19.6. The first-order valence-electron chi connectivity index (χ1n) is 9.36. The van der Waals surface area contributed by atoms with E-state index < -0.39 is 0 Å². The highest BCUT2D eigenvalue weighted by Gasteiger charge is 2.35. The third-order valence-electron chi connectivity index (χ3n) is 5.67. The fourth-order valence-electron chi connectivity index (χ4n) is 4.34. The molecular formula is C19H28N4O. The minimum absolute atomic E-state index is 0.348. The van der Waals surface area contributed by atoms with E-state index in [1.807, 2.05) is 0 Å². The van der Waals surface area contributed by atoms with Gasteiger partial charge in [-0.2, -0.15) is 0 Å². The highest BCUT2D eigenvalue weighted by Crippen LogP contribution is 2.33.